The molecule has 252 valence electrons. The number of carbonyl (C=O) groups is 2. The van der Waals surface area contributed by atoms with E-state index in [-0.39, 0.29) is 35.7 Å². The fourth-order valence-electron chi connectivity index (χ4n) is 8.86. The van der Waals surface area contributed by atoms with Crippen molar-refractivity contribution in [1.29, 1.82) is 0 Å². The van der Waals surface area contributed by atoms with Gasteiger partial charge < -0.3 is 9.80 Å². The summed E-state index contributed by atoms with van der Waals surface area (Å²) in [7, 11) is 0. The minimum Gasteiger partial charge on any atom is -0.335 e. The van der Waals surface area contributed by atoms with Crippen LogP contribution in [0.1, 0.15) is 95.9 Å². The number of rotatable bonds is 8. The largest absolute Gasteiger partial charge is 0.373 e. The Morgan fingerprint density at radius 1 is 0.787 bits per heavy atom. The maximum Gasteiger partial charge on any atom is 0.373 e. The van der Waals surface area contributed by atoms with Crippen molar-refractivity contribution in [2.45, 2.75) is 84.7 Å². The second-order valence-electron chi connectivity index (χ2n) is 14.0. The third kappa shape index (κ3) is 7.04. The second-order valence-corrected chi connectivity index (χ2v) is 14.8. The summed E-state index contributed by atoms with van der Waals surface area (Å²) in [5.74, 6) is 2.26. The number of fused-ring (bicyclic) bond motifs is 2. The van der Waals surface area contributed by atoms with Crippen molar-refractivity contribution in [3.63, 3.8) is 0 Å². The van der Waals surface area contributed by atoms with Crippen molar-refractivity contribution in [3.8, 4) is 0 Å². The third-order valence-corrected chi connectivity index (χ3v) is 13.5. The lowest BCUT2D eigenvalue weighted by Crippen LogP contribution is -2.50. The maximum atomic E-state index is 13.0. The van der Waals surface area contributed by atoms with Crippen molar-refractivity contribution in [2.24, 2.45) is 34.0 Å². The molecule has 2 aromatic rings. The Labute approximate surface area is 292 Å². The summed E-state index contributed by atoms with van der Waals surface area (Å²) in [4.78, 5) is 62.7. The van der Waals surface area contributed by atoms with Crippen molar-refractivity contribution in [1.82, 2.24) is 9.80 Å². The molecule has 2 aliphatic heterocycles. The van der Waals surface area contributed by atoms with E-state index in [1.807, 2.05) is 12.1 Å². The lowest BCUT2D eigenvalue weighted by atomic mass is 9.51. The highest BCUT2D eigenvalue weighted by Gasteiger charge is 2.74. The molecule has 0 N–H and O–H groups in total. The van der Waals surface area contributed by atoms with E-state index >= 15 is 0 Å². The molecular formula is C38H47IN2O6. The molecule has 0 radical (unpaired) electrons. The van der Waals surface area contributed by atoms with Gasteiger partial charge in [0.1, 0.15) is 0 Å². The lowest BCUT2D eigenvalue weighted by Gasteiger charge is -2.49. The molecule has 5 aliphatic rings. The number of likely N-dealkylation sites (tertiary alicyclic amines) is 2. The van der Waals surface area contributed by atoms with Crippen LogP contribution < -0.4 is 0 Å². The second kappa shape index (κ2) is 15.4. The summed E-state index contributed by atoms with van der Waals surface area (Å²) in [6.07, 6.45) is 9.03. The Kier molecular flexibility index (Phi) is 12.0. The van der Waals surface area contributed by atoms with Crippen LogP contribution in [-0.2, 0) is 28.8 Å². The average molecular weight is 755 g/mol. The zero-order chi connectivity index (χ0) is 34.4. The van der Waals surface area contributed by atoms with Crippen LogP contribution in [0, 0.1) is 34.0 Å². The van der Waals surface area contributed by atoms with Crippen LogP contribution in [0.5, 0.6) is 0 Å². The normalized spacial score (nSPS) is 28.0. The molecule has 47 heavy (non-hydrogen) atoms. The number of amides is 2. The summed E-state index contributed by atoms with van der Waals surface area (Å²) in [6.45, 7) is 10.7. The van der Waals surface area contributed by atoms with E-state index < -0.39 is 0 Å². The first kappa shape index (κ1) is 36.7. The topological polar surface area (TPSA) is 109 Å². The minimum absolute atomic E-state index is 0.000456. The minimum atomic E-state index is -0.000456. The molecule has 8 nitrogen and oxygen atoms in total. The van der Waals surface area contributed by atoms with Gasteiger partial charge >= 0.3 is 12.3 Å². The monoisotopic (exact) mass is 754 g/mol. The zero-order valence-corrected chi connectivity index (χ0v) is 30.1. The molecule has 2 heterocycles. The molecule has 2 aromatic carbocycles. The number of hydrogen-bond acceptors (Lipinski definition) is 6. The van der Waals surface area contributed by atoms with Crippen LogP contribution in [-0.4, -0.2) is 51.4 Å². The number of hydrogen-bond donors (Lipinski definition) is 0. The Bertz CT molecular complexity index is 1440. The first-order valence-corrected chi connectivity index (χ1v) is 18.4. The van der Waals surface area contributed by atoms with Crippen LogP contribution in [0.15, 0.2) is 60.7 Å². The van der Waals surface area contributed by atoms with Gasteiger partial charge in [0.25, 0.3) is 0 Å². The van der Waals surface area contributed by atoms with E-state index in [0.29, 0.717) is 34.5 Å². The SMILES string of the molecule is CCC1C(=O)N([C@@H](C)c2ccccc2)C[C@H]1C1(CI)CC1.CC[C@@]12CC3(CC3)[C@@H]1CN([C@@H](C)c1ccccc1)C2=O.O=C=O.O=C=O. The Morgan fingerprint density at radius 3 is 1.68 bits per heavy atom. The number of benzene rings is 2. The van der Waals surface area contributed by atoms with Crippen molar-refractivity contribution in [3.05, 3.63) is 71.8 Å². The van der Waals surface area contributed by atoms with Crippen molar-refractivity contribution in [2.75, 3.05) is 17.5 Å². The Morgan fingerprint density at radius 2 is 1.28 bits per heavy atom. The van der Waals surface area contributed by atoms with E-state index in [1.165, 1.54) is 41.2 Å². The number of halogens is 1. The van der Waals surface area contributed by atoms with E-state index in [9.17, 15) is 9.59 Å². The standard InChI is InChI=1S/C18H24INO.C18H23NO.2CO2/c1-3-15-16(18(12-19)9-10-18)11-20(17(15)21)13(2)14-7-5-4-6-8-14;1-3-18-12-17(9-10-17)15(18)11-19(16(18)20)13(2)14-7-5-4-6-8-14;2*2-1-3/h4-8,13,15-16H,3,9-12H2,1-2H3;4-8,13,15H,3,9-12H2,1-2H3;;/t13-,15?,16+;13-,15-,18+;;/m00../s1. The summed E-state index contributed by atoms with van der Waals surface area (Å²) < 4.78 is 1.20. The summed E-state index contributed by atoms with van der Waals surface area (Å²) in [6, 6.07) is 21.3. The maximum absolute atomic E-state index is 13.0. The first-order chi connectivity index (χ1) is 22.6. The van der Waals surface area contributed by atoms with Gasteiger partial charge in [-0.3, -0.25) is 9.59 Å². The van der Waals surface area contributed by atoms with E-state index in [2.05, 4.69) is 109 Å². The molecule has 5 fully saturated rings. The molecule has 3 aliphatic carbocycles. The molecule has 9 heteroatoms. The van der Waals surface area contributed by atoms with Gasteiger partial charge in [-0.15, -0.1) is 0 Å². The molecule has 7 rings (SSSR count). The summed E-state index contributed by atoms with van der Waals surface area (Å²) in [5.41, 5.74) is 3.54. The van der Waals surface area contributed by atoms with Gasteiger partial charge in [0.05, 0.1) is 17.5 Å². The fraction of sp³-hybridized carbons (Fsp3) is 0.579. The van der Waals surface area contributed by atoms with Gasteiger partial charge in [0, 0.05) is 23.4 Å². The molecule has 2 amide bonds. The number of carbonyl (C=O) groups excluding carboxylic acids is 6. The van der Waals surface area contributed by atoms with Crippen LogP contribution in [0.3, 0.4) is 0 Å². The smallest absolute Gasteiger partial charge is 0.335 e. The molecule has 0 bridgehead atoms. The highest BCUT2D eigenvalue weighted by atomic mass is 127. The highest BCUT2D eigenvalue weighted by molar-refractivity contribution is 14.1. The van der Waals surface area contributed by atoms with E-state index in [0.717, 1.165) is 32.4 Å². The van der Waals surface area contributed by atoms with Crippen LogP contribution >= 0.6 is 22.6 Å². The molecule has 2 saturated heterocycles. The van der Waals surface area contributed by atoms with Crippen LogP contribution in [0.25, 0.3) is 0 Å². The van der Waals surface area contributed by atoms with E-state index in [1.54, 1.807) is 0 Å². The van der Waals surface area contributed by atoms with Crippen molar-refractivity contribution >= 4 is 46.7 Å². The predicted octanol–water partition coefficient (Wildman–Crippen LogP) is 7.07. The summed E-state index contributed by atoms with van der Waals surface area (Å²) in [5, 5.41) is 0. The molecule has 1 spiro atoms. The van der Waals surface area contributed by atoms with Gasteiger partial charge in [0.2, 0.25) is 11.8 Å². The van der Waals surface area contributed by atoms with Gasteiger partial charge in [0.15, 0.2) is 0 Å². The first-order valence-electron chi connectivity index (χ1n) is 16.8. The summed E-state index contributed by atoms with van der Waals surface area (Å²) >= 11 is 2.52. The Hall–Kier alpha value is -3.13. The molecule has 0 aromatic heterocycles. The van der Waals surface area contributed by atoms with Crippen molar-refractivity contribution < 1.29 is 28.8 Å². The van der Waals surface area contributed by atoms with Gasteiger partial charge in [-0.05, 0) is 92.6 Å². The molecular weight excluding hydrogens is 707 g/mol. The van der Waals surface area contributed by atoms with Gasteiger partial charge in [-0.1, -0.05) is 97.1 Å². The number of alkyl halides is 1. The third-order valence-electron chi connectivity index (χ3n) is 12.0. The molecule has 1 unspecified atom stereocenters. The fourth-order valence-corrected chi connectivity index (χ4v) is 10.2. The van der Waals surface area contributed by atoms with Crippen LogP contribution in [0.2, 0.25) is 0 Å². The highest BCUT2D eigenvalue weighted by Crippen LogP contribution is 2.76. The van der Waals surface area contributed by atoms with Crippen LogP contribution in [0.4, 0.5) is 0 Å². The lowest BCUT2D eigenvalue weighted by molar-refractivity contribution is -0.193. The zero-order valence-electron chi connectivity index (χ0n) is 28.0. The average Bonchev–Trinajstić information content (AvgIpc) is 4.02. The predicted molar refractivity (Wildman–Crippen MR) is 183 cm³/mol. The van der Waals surface area contributed by atoms with Gasteiger partial charge in [-0.25, -0.2) is 0 Å². The van der Waals surface area contributed by atoms with E-state index in [4.69, 9.17) is 19.2 Å². The van der Waals surface area contributed by atoms with Gasteiger partial charge in [-0.2, -0.15) is 19.2 Å². The number of nitrogens with zero attached hydrogens (tertiary/aromatic N) is 2. The Balaban J connectivity index is 0.000000183. The quantitative estimate of drug-likeness (QED) is 0.211. The molecule has 6 atom stereocenters. The molecule has 3 saturated carbocycles.